The maximum Gasteiger partial charge on any atom is 0.134 e. The van der Waals surface area contributed by atoms with E-state index in [1.165, 1.54) is 24.8 Å². The molecule has 1 aromatic heterocycles. The summed E-state index contributed by atoms with van der Waals surface area (Å²) in [7, 11) is 3.79. The van der Waals surface area contributed by atoms with Gasteiger partial charge < -0.3 is 14.5 Å². The van der Waals surface area contributed by atoms with Gasteiger partial charge in [0.2, 0.25) is 0 Å². The lowest BCUT2D eigenvalue weighted by Crippen LogP contribution is -2.30. The summed E-state index contributed by atoms with van der Waals surface area (Å²) < 4.78 is 5.49. The molecule has 5 nitrogen and oxygen atoms in total. The Bertz CT molecular complexity index is 704. The van der Waals surface area contributed by atoms with Crippen molar-refractivity contribution in [2.45, 2.75) is 30.7 Å². The van der Waals surface area contributed by atoms with Crippen molar-refractivity contribution >= 4 is 23.4 Å². The van der Waals surface area contributed by atoms with Crippen LogP contribution >= 0.6 is 11.8 Å². The summed E-state index contributed by atoms with van der Waals surface area (Å²) in [6, 6.07) is 8.47. The van der Waals surface area contributed by atoms with E-state index in [0.717, 1.165) is 41.9 Å². The molecule has 134 valence electrons. The average Bonchev–Trinajstić information content (AvgIpc) is 2.68. The Hall–Kier alpha value is -1.95. The molecule has 0 saturated carbocycles. The third kappa shape index (κ3) is 4.37. The number of methoxy groups -OCH3 is 1. The molecule has 3 rings (SSSR count). The van der Waals surface area contributed by atoms with Gasteiger partial charge in [0.05, 0.1) is 7.11 Å². The first-order valence-electron chi connectivity index (χ1n) is 8.70. The summed E-state index contributed by atoms with van der Waals surface area (Å²) in [5.74, 6) is 2.91. The van der Waals surface area contributed by atoms with E-state index in [0.29, 0.717) is 0 Å². The van der Waals surface area contributed by atoms with E-state index in [2.05, 4.69) is 57.3 Å². The Morgan fingerprint density at radius 1 is 1.16 bits per heavy atom. The van der Waals surface area contributed by atoms with Crippen molar-refractivity contribution in [2.75, 3.05) is 43.3 Å². The van der Waals surface area contributed by atoms with Crippen molar-refractivity contribution in [3.05, 3.63) is 36.2 Å². The molecule has 0 bridgehead atoms. The van der Waals surface area contributed by atoms with Crippen molar-refractivity contribution in [1.82, 2.24) is 9.97 Å². The Kier molecular flexibility index (Phi) is 6.02. The second-order valence-electron chi connectivity index (χ2n) is 6.33. The van der Waals surface area contributed by atoms with E-state index >= 15 is 0 Å². The lowest BCUT2D eigenvalue weighted by atomic mass is 10.1. The van der Waals surface area contributed by atoms with Gasteiger partial charge in [0.25, 0.3) is 0 Å². The Balaban J connectivity index is 1.73. The van der Waals surface area contributed by atoms with Crippen molar-refractivity contribution < 1.29 is 4.74 Å². The first-order valence-corrected chi connectivity index (χ1v) is 9.93. The minimum Gasteiger partial charge on any atom is -0.496 e. The molecule has 1 fully saturated rings. The quantitative estimate of drug-likeness (QED) is 0.731. The van der Waals surface area contributed by atoms with Crippen molar-refractivity contribution in [3.63, 3.8) is 0 Å². The number of nitrogens with zero attached hydrogens (tertiary/aromatic N) is 4. The molecule has 0 aliphatic carbocycles. The van der Waals surface area contributed by atoms with Crippen LogP contribution in [-0.2, 0) is 6.54 Å². The van der Waals surface area contributed by atoms with Crippen molar-refractivity contribution in [3.8, 4) is 5.75 Å². The van der Waals surface area contributed by atoms with Gasteiger partial charge in [0.1, 0.15) is 23.7 Å². The number of ether oxygens (including phenoxy) is 1. The molecule has 1 saturated heterocycles. The molecular formula is C19H26N4OS. The molecule has 0 amide bonds. The monoisotopic (exact) mass is 358 g/mol. The van der Waals surface area contributed by atoms with Crippen LogP contribution < -0.4 is 14.5 Å². The summed E-state index contributed by atoms with van der Waals surface area (Å²) in [4.78, 5) is 14.6. The first kappa shape index (κ1) is 17.9. The zero-order valence-corrected chi connectivity index (χ0v) is 16.1. The molecule has 0 atom stereocenters. The fourth-order valence-electron chi connectivity index (χ4n) is 3.18. The predicted molar refractivity (Wildman–Crippen MR) is 105 cm³/mol. The molecule has 0 spiro atoms. The van der Waals surface area contributed by atoms with Crippen LogP contribution in [-0.4, -0.2) is 43.5 Å². The molecule has 1 aromatic carbocycles. The Labute approximate surface area is 154 Å². The fourth-order valence-corrected chi connectivity index (χ4v) is 3.72. The van der Waals surface area contributed by atoms with Crippen molar-refractivity contribution in [1.29, 1.82) is 0 Å². The predicted octanol–water partition coefficient (Wildman–Crippen LogP) is 3.83. The molecule has 0 N–H and O–H groups in total. The number of anilines is 2. The number of benzene rings is 1. The van der Waals surface area contributed by atoms with Gasteiger partial charge in [-0.1, -0.05) is 6.07 Å². The highest BCUT2D eigenvalue weighted by Gasteiger charge is 2.14. The van der Waals surface area contributed by atoms with Gasteiger partial charge in [0, 0.05) is 37.6 Å². The third-order valence-electron chi connectivity index (χ3n) is 4.58. The van der Waals surface area contributed by atoms with E-state index in [1.807, 2.05) is 0 Å². The van der Waals surface area contributed by atoms with Gasteiger partial charge in [-0.2, -0.15) is 0 Å². The standard InChI is InChI=1S/C19H26N4OS/c1-22(13-15-7-8-17(25-3)16(11-15)24-2)18-12-19(21-14-20-18)23-9-5-4-6-10-23/h7-8,11-12,14H,4-6,9-10,13H2,1-3H3. The molecule has 0 radical (unpaired) electrons. The van der Waals surface area contributed by atoms with Gasteiger partial charge in [-0.3, -0.25) is 0 Å². The molecule has 2 heterocycles. The van der Waals surface area contributed by atoms with Crippen LogP contribution in [0.4, 0.5) is 11.6 Å². The van der Waals surface area contributed by atoms with Gasteiger partial charge in [0.15, 0.2) is 0 Å². The van der Waals surface area contributed by atoms with E-state index < -0.39 is 0 Å². The van der Waals surface area contributed by atoms with Crippen LogP contribution in [0.15, 0.2) is 35.5 Å². The average molecular weight is 359 g/mol. The number of aromatic nitrogens is 2. The smallest absolute Gasteiger partial charge is 0.134 e. The first-order chi connectivity index (χ1) is 12.2. The maximum absolute atomic E-state index is 5.49. The number of thioether (sulfide) groups is 1. The van der Waals surface area contributed by atoms with Crippen LogP contribution in [0.3, 0.4) is 0 Å². The Morgan fingerprint density at radius 2 is 1.96 bits per heavy atom. The van der Waals surface area contributed by atoms with Crippen LogP contribution in [0.25, 0.3) is 0 Å². The number of piperidine rings is 1. The highest BCUT2D eigenvalue weighted by Crippen LogP contribution is 2.29. The summed E-state index contributed by atoms with van der Waals surface area (Å²) in [6.45, 7) is 2.96. The second-order valence-corrected chi connectivity index (χ2v) is 7.18. The second kappa shape index (κ2) is 8.43. The zero-order valence-electron chi connectivity index (χ0n) is 15.2. The van der Waals surface area contributed by atoms with Gasteiger partial charge >= 0.3 is 0 Å². The molecule has 1 aliphatic rings. The minimum atomic E-state index is 0.779. The van der Waals surface area contributed by atoms with Crippen LogP contribution in [0.1, 0.15) is 24.8 Å². The van der Waals surface area contributed by atoms with Crippen molar-refractivity contribution in [2.24, 2.45) is 0 Å². The number of hydrogen-bond donors (Lipinski definition) is 0. The zero-order chi connectivity index (χ0) is 17.6. The summed E-state index contributed by atoms with van der Waals surface area (Å²) in [5.41, 5.74) is 1.20. The van der Waals surface area contributed by atoms with Gasteiger partial charge in [-0.15, -0.1) is 11.8 Å². The minimum absolute atomic E-state index is 0.779. The van der Waals surface area contributed by atoms with Gasteiger partial charge in [-0.25, -0.2) is 9.97 Å². The number of hydrogen-bond acceptors (Lipinski definition) is 6. The largest absolute Gasteiger partial charge is 0.496 e. The fraction of sp³-hybridized carbons (Fsp3) is 0.474. The van der Waals surface area contributed by atoms with E-state index in [4.69, 9.17) is 4.74 Å². The molecule has 1 aliphatic heterocycles. The molecule has 2 aromatic rings. The lowest BCUT2D eigenvalue weighted by Gasteiger charge is -2.28. The maximum atomic E-state index is 5.49. The SMILES string of the molecule is COc1cc(CN(C)c2cc(N3CCCCC3)ncn2)ccc1SC. The van der Waals surface area contributed by atoms with Crippen LogP contribution in [0.5, 0.6) is 5.75 Å². The van der Waals surface area contributed by atoms with Crippen LogP contribution in [0, 0.1) is 0 Å². The topological polar surface area (TPSA) is 41.5 Å². The summed E-state index contributed by atoms with van der Waals surface area (Å²) >= 11 is 1.70. The highest BCUT2D eigenvalue weighted by molar-refractivity contribution is 7.98. The van der Waals surface area contributed by atoms with E-state index in [9.17, 15) is 0 Å². The Morgan fingerprint density at radius 3 is 2.68 bits per heavy atom. The van der Waals surface area contributed by atoms with Crippen LogP contribution in [0.2, 0.25) is 0 Å². The lowest BCUT2D eigenvalue weighted by molar-refractivity contribution is 0.404. The van der Waals surface area contributed by atoms with E-state index in [1.54, 1.807) is 25.2 Å². The molecule has 25 heavy (non-hydrogen) atoms. The van der Waals surface area contributed by atoms with E-state index in [-0.39, 0.29) is 0 Å². The summed E-state index contributed by atoms with van der Waals surface area (Å²) in [5, 5.41) is 0. The normalized spacial score (nSPS) is 14.4. The number of rotatable bonds is 6. The molecule has 6 heteroatoms. The molecule has 0 unspecified atom stereocenters. The molecular weight excluding hydrogens is 332 g/mol. The van der Waals surface area contributed by atoms with Gasteiger partial charge in [-0.05, 0) is 43.2 Å². The third-order valence-corrected chi connectivity index (χ3v) is 5.35. The summed E-state index contributed by atoms with van der Waals surface area (Å²) in [6.07, 6.45) is 7.55. The highest BCUT2D eigenvalue weighted by atomic mass is 32.2.